The molecule has 2 rings (SSSR count). The van der Waals surface area contributed by atoms with Crippen LogP contribution in [0.2, 0.25) is 0 Å². The molecule has 1 aliphatic rings. The number of halogens is 3. The first-order chi connectivity index (χ1) is 13.0. The van der Waals surface area contributed by atoms with Gasteiger partial charge in [0.1, 0.15) is 5.75 Å². The number of guanidine groups is 1. The van der Waals surface area contributed by atoms with Crippen LogP contribution in [0.15, 0.2) is 23.2 Å². The van der Waals surface area contributed by atoms with E-state index in [9.17, 15) is 8.78 Å². The summed E-state index contributed by atoms with van der Waals surface area (Å²) in [6.07, 6.45) is 3.59. The summed E-state index contributed by atoms with van der Waals surface area (Å²) in [5, 5.41) is 6.57. The Kier molecular flexibility index (Phi) is 11.7. The van der Waals surface area contributed by atoms with E-state index in [1.165, 1.54) is 25.9 Å². The molecule has 1 aromatic carbocycles. The van der Waals surface area contributed by atoms with Gasteiger partial charge in [-0.05, 0) is 65.2 Å². The average Bonchev–Trinajstić information content (AvgIpc) is 2.63. The monoisotopic (exact) mass is 510 g/mol. The summed E-state index contributed by atoms with van der Waals surface area (Å²) in [5.74, 6) is 1.64. The van der Waals surface area contributed by atoms with Crippen molar-refractivity contribution in [1.82, 2.24) is 15.5 Å². The van der Waals surface area contributed by atoms with Gasteiger partial charge < -0.3 is 20.3 Å². The molecule has 0 atom stereocenters. The fourth-order valence-corrected chi connectivity index (χ4v) is 3.29. The molecule has 0 aromatic heterocycles. The Bertz CT molecular complexity index is 608. The number of nitrogens with one attached hydrogen (secondary N) is 2. The maximum absolute atomic E-state index is 12.6. The van der Waals surface area contributed by atoms with E-state index in [0.29, 0.717) is 11.5 Å². The molecule has 8 heteroatoms. The Morgan fingerprint density at radius 2 is 2.00 bits per heavy atom. The highest BCUT2D eigenvalue weighted by molar-refractivity contribution is 14.0. The van der Waals surface area contributed by atoms with E-state index in [1.54, 1.807) is 12.1 Å². The summed E-state index contributed by atoms with van der Waals surface area (Å²) >= 11 is 0. The topological polar surface area (TPSA) is 48.9 Å². The van der Waals surface area contributed by atoms with Crippen LogP contribution >= 0.6 is 24.0 Å². The molecule has 0 bridgehead atoms. The second kappa shape index (κ2) is 13.1. The normalized spacial score (nSPS) is 16.0. The predicted octanol–water partition coefficient (Wildman–Crippen LogP) is 4.00. The van der Waals surface area contributed by atoms with Gasteiger partial charge in [0.15, 0.2) is 5.96 Å². The third-order valence-corrected chi connectivity index (χ3v) is 4.87. The second-order valence-corrected chi connectivity index (χ2v) is 7.15. The minimum absolute atomic E-state index is 0. The van der Waals surface area contributed by atoms with E-state index in [4.69, 9.17) is 0 Å². The lowest BCUT2D eigenvalue weighted by molar-refractivity contribution is -0.0504. The Balaban J connectivity index is 0.00000392. The Labute approximate surface area is 184 Å². The van der Waals surface area contributed by atoms with Gasteiger partial charge in [-0.25, -0.2) is 4.99 Å². The molecule has 0 aliphatic carbocycles. The van der Waals surface area contributed by atoms with Gasteiger partial charge in [-0.1, -0.05) is 17.7 Å². The van der Waals surface area contributed by atoms with Crippen molar-refractivity contribution in [2.45, 2.75) is 46.3 Å². The van der Waals surface area contributed by atoms with Crippen molar-refractivity contribution in [3.05, 3.63) is 29.3 Å². The number of alkyl halides is 2. The van der Waals surface area contributed by atoms with Crippen molar-refractivity contribution in [1.29, 1.82) is 0 Å². The summed E-state index contributed by atoms with van der Waals surface area (Å²) in [5.41, 5.74) is 1.64. The number of nitrogens with zero attached hydrogens (tertiary/aromatic N) is 2. The van der Waals surface area contributed by atoms with Crippen LogP contribution in [0.1, 0.15) is 37.3 Å². The van der Waals surface area contributed by atoms with E-state index < -0.39 is 6.61 Å². The van der Waals surface area contributed by atoms with Crippen LogP contribution in [0.4, 0.5) is 8.78 Å². The average molecular weight is 510 g/mol. The molecule has 0 unspecified atom stereocenters. The zero-order chi connectivity index (χ0) is 19.6. The molecule has 28 heavy (non-hydrogen) atoms. The van der Waals surface area contributed by atoms with Crippen LogP contribution in [0.5, 0.6) is 5.75 Å². The highest BCUT2D eigenvalue weighted by Gasteiger charge is 2.16. The van der Waals surface area contributed by atoms with Crippen LogP contribution in [-0.2, 0) is 6.54 Å². The van der Waals surface area contributed by atoms with Crippen LogP contribution < -0.4 is 15.4 Å². The molecule has 1 saturated heterocycles. The van der Waals surface area contributed by atoms with Crippen molar-refractivity contribution >= 4 is 29.9 Å². The molecule has 1 fully saturated rings. The standard InChI is InChI=1S/C20H32F2N4O.HI/c1-4-23-20(24-10-7-16-8-11-26(3)12-9-16)25-14-17-13-15(2)5-6-18(17)27-19(21)22;/h5-6,13,16,19H,4,7-12,14H2,1-3H3,(H2,23,24,25);1H. The first-order valence-electron chi connectivity index (χ1n) is 9.73. The van der Waals surface area contributed by atoms with Gasteiger partial charge >= 0.3 is 6.61 Å². The molecular formula is C20H33F2IN4O. The third kappa shape index (κ3) is 8.89. The zero-order valence-corrected chi connectivity index (χ0v) is 19.3. The van der Waals surface area contributed by atoms with Crippen molar-refractivity contribution in [2.75, 3.05) is 33.2 Å². The number of ether oxygens (including phenoxy) is 1. The lowest BCUT2D eigenvalue weighted by Crippen LogP contribution is -2.39. The molecule has 1 aliphatic heterocycles. The lowest BCUT2D eigenvalue weighted by atomic mass is 9.94. The molecule has 5 nitrogen and oxygen atoms in total. The van der Waals surface area contributed by atoms with Crippen molar-refractivity contribution in [3.63, 3.8) is 0 Å². The van der Waals surface area contributed by atoms with Gasteiger partial charge in [0.05, 0.1) is 6.54 Å². The summed E-state index contributed by atoms with van der Waals surface area (Å²) in [6.45, 7) is 5.31. The van der Waals surface area contributed by atoms with Crippen LogP contribution in [0.25, 0.3) is 0 Å². The third-order valence-electron chi connectivity index (χ3n) is 4.87. The highest BCUT2D eigenvalue weighted by atomic mass is 127. The van der Waals surface area contributed by atoms with Crippen LogP contribution in [0, 0.1) is 12.8 Å². The summed E-state index contributed by atoms with van der Waals surface area (Å²) in [6, 6.07) is 5.17. The van der Waals surface area contributed by atoms with Crippen molar-refractivity contribution < 1.29 is 13.5 Å². The minimum Gasteiger partial charge on any atom is -0.434 e. The fraction of sp³-hybridized carbons (Fsp3) is 0.650. The summed E-state index contributed by atoms with van der Waals surface area (Å²) in [4.78, 5) is 6.92. The zero-order valence-electron chi connectivity index (χ0n) is 17.0. The first kappa shape index (κ1) is 24.9. The first-order valence-corrected chi connectivity index (χ1v) is 9.73. The largest absolute Gasteiger partial charge is 0.434 e. The molecule has 1 heterocycles. The van der Waals surface area contributed by atoms with Gasteiger partial charge in [-0.2, -0.15) is 8.78 Å². The minimum atomic E-state index is -2.84. The van der Waals surface area contributed by atoms with Crippen molar-refractivity contribution in [3.8, 4) is 5.75 Å². The predicted molar refractivity (Wildman–Crippen MR) is 121 cm³/mol. The number of piperidine rings is 1. The Morgan fingerprint density at radius 1 is 1.29 bits per heavy atom. The molecule has 0 spiro atoms. The molecule has 1 aromatic rings. The summed E-state index contributed by atoms with van der Waals surface area (Å²) < 4.78 is 29.8. The maximum Gasteiger partial charge on any atom is 0.387 e. The smallest absolute Gasteiger partial charge is 0.387 e. The quantitative estimate of drug-likeness (QED) is 0.316. The van der Waals surface area contributed by atoms with Crippen LogP contribution in [-0.4, -0.2) is 50.7 Å². The molecule has 0 radical (unpaired) electrons. The van der Waals surface area contributed by atoms with Gasteiger partial charge in [-0.3, -0.25) is 0 Å². The fourth-order valence-electron chi connectivity index (χ4n) is 3.29. The molecule has 0 saturated carbocycles. The summed E-state index contributed by atoms with van der Waals surface area (Å²) in [7, 11) is 2.17. The Hall–Kier alpha value is -1.16. The van der Waals surface area contributed by atoms with Crippen LogP contribution in [0.3, 0.4) is 0 Å². The number of aryl methyl sites for hydroxylation is 1. The molecule has 0 amide bonds. The van der Waals surface area contributed by atoms with E-state index in [0.717, 1.165) is 31.0 Å². The van der Waals surface area contributed by atoms with Gasteiger partial charge in [0.25, 0.3) is 0 Å². The Morgan fingerprint density at radius 3 is 2.64 bits per heavy atom. The second-order valence-electron chi connectivity index (χ2n) is 7.15. The molecule has 160 valence electrons. The number of rotatable bonds is 8. The SMILES string of the molecule is CCNC(=NCc1cc(C)ccc1OC(F)F)NCCC1CCN(C)CC1.I. The molecular weight excluding hydrogens is 477 g/mol. The number of benzene rings is 1. The van der Waals surface area contributed by atoms with Gasteiger partial charge in [0, 0.05) is 18.7 Å². The van der Waals surface area contributed by atoms with E-state index >= 15 is 0 Å². The number of hydrogen-bond acceptors (Lipinski definition) is 3. The lowest BCUT2D eigenvalue weighted by Gasteiger charge is -2.29. The van der Waals surface area contributed by atoms with E-state index in [2.05, 4.69) is 32.3 Å². The number of hydrogen-bond donors (Lipinski definition) is 2. The number of likely N-dealkylation sites (tertiary alicyclic amines) is 1. The van der Waals surface area contributed by atoms with E-state index in [-0.39, 0.29) is 36.3 Å². The van der Waals surface area contributed by atoms with Gasteiger partial charge in [-0.15, -0.1) is 24.0 Å². The maximum atomic E-state index is 12.6. The molecule has 2 N–H and O–H groups in total. The van der Waals surface area contributed by atoms with E-state index in [1.807, 2.05) is 19.9 Å². The van der Waals surface area contributed by atoms with Crippen molar-refractivity contribution in [2.24, 2.45) is 10.9 Å². The number of aliphatic imine (C=N–C) groups is 1. The van der Waals surface area contributed by atoms with Gasteiger partial charge in [0.2, 0.25) is 0 Å². The highest BCUT2D eigenvalue weighted by Crippen LogP contribution is 2.23.